The van der Waals surface area contributed by atoms with Gasteiger partial charge in [0.05, 0.1) is 23.6 Å². The molecule has 0 bridgehead atoms. The van der Waals surface area contributed by atoms with Gasteiger partial charge in [-0.05, 0) is 62.2 Å². The fourth-order valence-electron chi connectivity index (χ4n) is 3.06. The maximum Gasteiger partial charge on any atom is 0.243 e. The number of hydrogen-bond acceptors (Lipinski definition) is 3. The number of nitrogens with zero attached hydrogens (tertiary/aromatic N) is 2. The van der Waals surface area contributed by atoms with E-state index in [1.807, 2.05) is 37.3 Å². The molecule has 0 aliphatic rings. The fraction of sp³-hybridized carbons (Fsp3) is 0.273. The van der Waals surface area contributed by atoms with Crippen LogP contribution in [0.2, 0.25) is 0 Å². The number of rotatable bonds is 7. The molecule has 1 heterocycles. The van der Waals surface area contributed by atoms with Crippen molar-refractivity contribution in [2.24, 2.45) is 0 Å². The molecule has 0 spiro atoms. The van der Waals surface area contributed by atoms with E-state index >= 15 is 0 Å². The third-order valence-electron chi connectivity index (χ3n) is 4.68. The first-order valence-corrected chi connectivity index (χ1v) is 9.07. The molecule has 5 nitrogen and oxygen atoms in total. The first kappa shape index (κ1) is 18.7. The summed E-state index contributed by atoms with van der Waals surface area (Å²) in [6.45, 7) is 10.7. The van der Waals surface area contributed by atoms with Gasteiger partial charge in [-0.2, -0.15) is 0 Å². The average molecular weight is 363 g/mol. The van der Waals surface area contributed by atoms with Crippen molar-refractivity contribution in [3.05, 3.63) is 72.1 Å². The van der Waals surface area contributed by atoms with Crippen LogP contribution in [0.1, 0.15) is 29.9 Å². The number of carbonyl (C=O) groups excluding carboxylic acids is 1. The number of hydrogen-bond donors (Lipinski definition) is 1. The maximum absolute atomic E-state index is 11.7. The van der Waals surface area contributed by atoms with Crippen LogP contribution < -0.4 is 10.1 Å². The molecular formula is C22H25N3O2. The molecule has 1 atom stereocenters. The number of para-hydroxylation sites is 2. The number of amides is 1. The molecule has 27 heavy (non-hydrogen) atoms. The van der Waals surface area contributed by atoms with Crippen LogP contribution in [0.5, 0.6) is 5.75 Å². The lowest BCUT2D eigenvalue weighted by Crippen LogP contribution is -2.27. The zero-order valence-corrected chi connectivity index (χ0v) is 16.0. The Kier molecular flexibility index (Phi) is 5.60. The van der Waals surface area contributed by atoms with Gasteiger partial charge in [-0.15, -0.1) is 0 Å². The Balaban J connectivity index is 1.81. The Morgan fingerprint density at radius 1 is 1.26 bits per heavy atom. The predicted molar refractivity (Wildman–Crippen MR) is 108 cm³/mol. The molecule has 0 saturated heterocycles. The van der Waals surface area contributed by atoms with Crippen LogP contribution in [-0.4, -0.2) is 22.1 Å². The van der Waals surface area contributed by atoms with Crippen molar-refractivity contribution in [3.8, 4) is 5.75 Å². The van der Waals surface area contributed by atoms with Crippen LogP contribution in [0.15, 0.2) is 55.1 Å². The third-order valence-corrected chi connectivity index (χ3v) is 4.68. The Morgan fingerprint density at radius 3 is 2.78 bits per heavy atom. The number of ether oxygens (including phenoxy) is 1. The molecule has 5 heteroatoms. The molecule has 0 aliphatic carbocycles. The second-order valence-electron chi connectivity index (χ2n) is 6.64. The number of aryl methyl sites for hydroxylation is 2. The normalized spacial score (nSPS) is 12.0. The molecule has 1 amide bonds. The lowest BCUT2D eigenvalue weighted by molar-refractivity contribution is -0.117. The van der Waals surface area contributed by atoms with Crippen LogP contribution >= 0.6 is 0 Å². The standard InChI is InChI=1S/C22H25N3O2/c1-5-21(26)23-17(4)22-24-19-8-6-7-9-20(19)25(22)12-13-27-18-11-10-15(2)16(3)14-18/h5-11,14,17H,1,12-13H2,2-4H3,(H,23,26). The summed E-state index contributed by atoms with van der Waals surface area (Å²) in [4.78, 5) is 16.4. The highest BCUT2D eigenvalue weighted by Crippen LogP contribution is 2.21. The van der Waals surface area contributed by atoms with Crippen LogP contribution in [0, 0.1) is 13.8 Å². The van der Waals surface area contributed by atoms with E-state index in [0.29, 0.717) is 13.2 Å². The summed E-state index contributed by atoms with van der Waals surface area (Å²) in [5.41, 5.74) is 4.38. The SMILES string of the molecule is C=CC(=O)NC(C)c1nc2ccccc2n1CCOc1ccc(C)c(C)c1. The average Bonchev–Trinajstić information content (AvgIpc) is 3.03. The molecule has 1 N–H and O–H groups in total. The molecule has 0 radical (unpaired) electrons. The van der Waals surface area contributed by atoms with Gasteiger partial charge >= 0.3 is 0 Å². The van der Waals surface area contributed by atoms with Crippen LogP contribution in [0.3, 0.4) is 0 Å². The molecule has 1 unspecified atom stereocenters. The maximum atomic E-state index is 11.7. The third kappa shape index (κ3) is 4.19. The molecular weight excluding hydrogens is 338 g/mol. The monoisotopic (exact) mass is 363 g/mol. The van der Waals surface area contributed by atoms with Gasteiger partial charge in [-0.25, -0.2) is 4.98 Å². The highest BCUT2D eigenvalue weighted by atomic mass is 16.5. The first-order chi connectivity index (χ1) is 13.0. The summed E-state index contributed by atoms with van der Waals surface area (Å²) < 4.78 is 8.05. The minimum Gasteiger partial charge on any atom is -0.492 e. The molecule has 3 aromatic rings. The number of imidazole rings is 1. The van der Waals surface area contributed by atoms with Crippen molar-refractivity contribution in [2.45, 2.75) is 33.4 Å². The number of nitrogens with one attached hydrogen (secondary N) is 1. The second kappa shape index (κ2) is 8.08. The van der Waals surface area contributed by atoms with Gasteiger partial charge in [-0.1, -0.05) is 24.8 Å². The Labute approximate surface area is 159 Å². The molecule has 1 aromatic heterocycles. The van der Waals surface area contributed by atoms with Gasteiger partial charge in [0.25, 0.3) is 0 Å². The summed E-state index contributed by atoms with van der Waals surface area (Å²) in [6.07, 6.45) is 1.27. The molecule has 140 valence electrons. The van der Waals surface area contributed by atoms with Crippen molar-refractivity contribution >= 4 is 16.9 Å². The van der Waals surface area contributed by atoms with Gasteiger partial charge in [0.15, 0.2) is 0 Å². The van der Waals surface area contributed by atoms with Crippen molar-refractivity contribution in [3.63, 3.8) is 0 Å². The Morgan fingerprint density at radius 2 is 2.04 bits per heavy atom. The number of benzene rings is 2. The predicted octanol–water partition coefficient (Wildman–Crippen LogP) is 4.10. The largest absolute Gasteiger partial charge is 0.492 e. The van der Waals surface area contributed by atoms with Crippen LogP contribution in [0.4, 0.5) is 0 Å². The van der Waals surface area contributed by atoms with E-state index in [9.17, 15) is 4.79 Å². The van der Waals surface area contributed by atoms with Crippen molar-refractivity contribution in [2.75, 3.05) is 6.61 Å². The van der Waals surface area contributed by atoms with Crippen molar-refractivity contribution in [1.29, 1.82) is 0 Å². The highest BCUT2D eigenvalue weighted by molar-refractivity contribution is 5.87. The van der Waals surface area contributed by atoms with E-state index in [1.165, 1.54) is 17.2 Å². The van der Waals surface area contributed by atoms with Gasteiger partial charge in [0.1, 0.15) is 18.2 Å². The van der Waals surface area contributed by atoms with Crippen LogP contribution in [-0.2, 0) is 11.3 Å². The van der Waals surface area contributed by atoms with Gasteiger partial charge in [0.2, 0.25) is 5.91 Å². The van der Waals surface area contributed by atoms with E-state index in [-0.39, 0.29) is 11.9 Å². The molecule has 0 aliphatic heterocycles. The molecule has 0 saturated carbocycles. The summed E-state index contributed by atoms with van der Waals surface area (Å²) in [7, 11) is 0. The topological polar surface area (TPSA) is 56.2 Å². The molecule has 2 aromatic carbocycles. The molecule has 3 rings (SSSR count). The zero-order valence-electron chi connectivity index (χ0n) is 16.0. The quantitative estimate of drug-likeness (QED) is 0.643. The van der Waals surface area contributed by atoms with E-state index < -0.39 is 0 Å². The fourth-order valence-corrected chi connectivity index (χ4v) is 3.06. The minimum atomic E-state index is -0.232. The van der Waals surface area contributed by atoms with Gasteiger partial charge in [-0.3, -0.25) is 4.79 Å². The summed E-state index contributed by atoms with van der Waals surface area (Å²) >= 11 is 0. The number of aromatic nitrogens is 2. The van der Waals surface area contributed by atoms with Gasteiger partial charge in [0, 0.05) is 0 Å². The highest BCUT2D eigenvalue weighted by Gasteiger charge is 2.17. The first-order valence-electron chi connectivity index (χ1n) is 9.07. The van der Waals surface area contributed by atoms with E-state index in [0.717, 1.165) is 22.6 Å². The minimum absolute atomic E-state index is 0.215. The van der Waals surface area contributed by atoms with E-state index in [1.54, 1.807) is 0 Å². The van der Waals surface area contributed by atoms with Crippen molar-refractivity contribution in [1.82, 2.24) is 14.9 Å². The lowest BCUT2D eigenvalue weighted by Gasteiger charge is -2.16. The Bertz CT molecular complexity index is 975. The summed E-state index contributed by atoms with van der Waals surface area (Å²) in [5, 5.41) is 2.89. The van der Waals surface area contributed by atoms with Crippen LogP contribution in [0.25, 0.3) is 11.0 Å². The Hall–Kier alpha value is -3.08. The van der Waals surface area contributed by atoms with Gasteiger partial charge < -0.3 is 14.6 Å². The number of fused-ring (bicyclic) bond motifs is 1. The van der Waals surface area contributed by atoms with Crippen molar-refractivity contribution < 1.29 is 9.53 Å². The van der Waals surface area contributed by atoms with E-state index in [4.69, 9.17) is 9.72 Å². The summed E-state index contributed by atoms with van der Waals surface area (Å²) in [5.74, 6) is 1.44. The van der Waals surface area contributed by atoms with E-state index in [2.05, 4.69) is 42.4 Å². The second-order valence-corrected chi connectivity index (χ2v) is 6.64. The smallest absolute Gasteiger partial charge is 0.243 e. The molecule has 0 fully saturated rings. The lowest BCUT2D eigenvalue weighted by atomic mass is 10.1. The summed E-state index contributed by atoms with van der Waals surface area (Å²) in [6, 6.07) is 13.8. The zero-order chi connectivity index (χ0) is 19.4. The number of carbonyl (C=O) groups is 1.